The molecule has 0 heterocycles. The Morgan fingerprint density at radius 2 is 2.36 bits per heavy atom. The maximum absolute atomic E-state index is 11.2. The molecule has 0 aliphatic rings. The third kappa shape index (κ3) is 3.12. The van der Waals surface area contributed by atoms with Crippen LogP contribution in [-0.2, 0) is 4.79 Å². The lowest BCUT2D eigenvalue weighted by atomic mass is 10.3. The average Bonchev–Trinajstić information content (AvgIpc) is 2.12. The Balaban J connectivity index is 2.75. The zero-order chi connectivity index (χ0) is 10.6. The van der Waals surface area contributed by atoms with E-state index < -0.39 is 0 Å². The van der Waals surface area contributed by atoms with Crippen molar-refractivity contribution in [3.05, 3.63) is 23.2 Å². The van der Waals surface area contributed by atoms with Crippen molar-refractivity contribution in [3.63, 3.8) is 0 Å². The van der Waals surface area contributed by atoms with Gasteiger partial charge >= 0.3 is 0 Å². The zero-order valence-corrected chi connectivity index (χ0v) is 9.28. The number of anilines is 2. The van der Waals surface area contributed by atoms with E-state index in [1.165, 1.54) is 11.8 Å². The van der Waals surface area contributed by atoms with Crippen LogP contribution in [0.2, 0.25) is 5.02 Å². The molecule has 14 heavy (non-hydrogen) atoms. The summed E-state index contributed by atoms with van der Waals surface area (Å²) in [5, 5.41) is 3.17. The third-order valence-electron chi connectivity index (χ3n) is 1.54. The fourth-order valence-corrected chi connectivity index (χ4v) is 1.46. The SMILES string of the molecule is CSCC(=O)Nc1cc(N)ccc1Cl. The van der Waals surface area contributed by atoms with Gasteiger partial charge in [-0.2, -0.15) is 11.8 Å². The van der Waals surface area contributed by atoms with E-state index in [1.54, 1.807) is 18.2 Å². The highest BCUT2D eigenvalue weighted by Crippen LogP contribution is 2.23. The molecule has 3 nitrogen and oxygen atoms in total. The standard InChI is InChI=1S/C9H11ClN2OS/c1-14-5-9(13)12-8-4-6(11)2-3-7(8)10/h2-4H,5,11H2,1H3,(H,12,13). The number of nitrogens with two attached hydrogens (primary N) is 1. The molecular weight excluding hydrogens is 220 g/mol. The van der Waals surface area contributed by atoms with Crippen LogP contribution in [0.3, 0.4) is 0 Å². The van der Waals surface area contributed by atoms with Gasteiger partial charge in [0, 0.05) is 5.69 Å². The predicted molar refractivity (Wildman–Crippen MR) is 62.9 cm³/mol. The number of rotatable bonds is 3. The predicted octanol–water partition coefficient (Wildman–Crippen LogP) is 2.22. The van der Waals surface area contributed by atoms with E-state index >= 15 is 0 Å². The molecule has 0 atom stereocenters. The van der Waals surface area contributed by atoms with Gasteiger partial charge in [-0.1, -0.05) is 11.6 Å². The van der Waals surface area contributed by atoms with Crippen LogP contribution in [0.25, 0.3) is 0 Å². The lowest BCUT2D eigenvalue weighted by molar-refractivity contribution is -0.113. The van der Waals surface area contributed by atoms with Crippen LogP contribution in [0.4, 0.5) is 11.4 Å². The van der Waals surface area contributed by atoms with Crippen LogP contribution in [0.15, 0.2) is 18.2 Å². The fraction of sp³-hybridized carbons (Fsp3) is 0.222. The van der Waals surface area contributed by atoms with Gasteiger partial charge in [-0.15, -0.1) is 0 Å². The molecule has 0 saturated heterocycles. The van der Waals surface area contributed by atoms with Crippen LogP contribution in [0, 0.1) is 0 Å². The summed E-state index contributed by atoms with van der Waals surface area (Å²) in [6.45, 7) is 0. The molecule has 0 spiro atoms. The van der Waals surface area contributed by atoms with Crippen molar-refractivity contribution in [3.8, 4) is 0 Å². The van der Waals surface area contributed by atoms with Gasteiger partial charge in [0.15, 0.2) is 0 Å². The summed E-state index contributed by atoms with van der Waals surface area (Å²) >= 11 is 7.32. The fourth-order valence-electron chi connectivity index (χ4n) is 0.956. The van der Waals surface area contributed by atoms with Crippen LogP contribution in [0.1, 0.15) is 0 Å². The molecular formula is C9H11ClN2OS. The minimum Gasteiger partial charge on any atom is -0.399 e. The van der Waals surface area contributed by atoms with Crippen molar-refractivity contribution in [2.24, 2.45) is 0 Å². The minimum absolute atomic E-state index is 0.0787. The van der Waals surface area contributed by atoms with Crippen molar-refractivity contribution in [2.75, 3.05) is 23.1 Å². The molecule has 0 unspecified atom stereocenters. The van der Waals surface area contributed by atoms with E-state index in [0.717, 1.165) is 0 Å². The number of amides is 1. The molecule has 0 saturated carbocycles. The Morgan fingerprint density at radius 1 is 1.64 bits per heavy atom. The Labute approximate surface area is 92.0 Å². The Kier molecular flexibility index (Phi) is 4.10. The largest absolute Gasteiger partial charge is 0.399 e. The summed E-state index contributed by atoms with van der Waals surface area (Å²) in [5.41, 5.74) is 6.70. The second-order valence-electron chi connectivity index (χ2n) is 2.72. The number of thioether (sulfide) groups is 1. The van der Waals surface area contributed by atoms with E-state index in [-0.39, 0.29) is 5.91 Å². The Morgan fingerprint density at radius 3 is 3.00 bits per heavy atom. The molecule has 0 radical (unpaired) electrons. The third-order valence-corrected chi connectivity index (χ3v) is 2.42. The van der Waals surface area contributed by atoms with Crippen molar-refractivity contribution < 1.29 is 4.79 Å². The number of hydrogen-bond donors (Lipinski definition) is 2. The van der Waals surface area contributed by atoms with Crippen molar-refractivity contribution in [2.45, 2.75) is 0 Å². The van der Waals surface area contributed by atoms with Gasteiger partial charge in [-0.3, -0.25) is 4.79 Å². The first-order valence-corrected chi connectivity index (χ1v) is 5.74. The van der Waals surface area contributed by atoms with Gasteiger partial charge in [0.25, 0.3) is 0 Å². The normalized spacial score (nSPS) is 9.86. The van der Waals surface area contributed by atoms with Gasteiger partial charge < -0.3 is 11.1 Å². The Hall–Kier alpha value is -0.870. The zero-order valence-electron chi connectivity index (χ0n) is 7.71. The molecule has 76 valence electrons. The molecule has 5 heteroatoms. The van der Waals surface area contributed by atoms with Gasteiger partial charge in [0.05, 0.1) is 16.5 Å². The summed E-state index contributed by atoms with van der Waals surface area (Å²) in [6.07, 6.45) is 1.86. The van der Waals surface area contributed by atoms with Crippen LogP contribution in [-0.4, -0.2) is 17.9 Å². The van der Waals surface area contributed by atoms with Crippen LogP contribution in [0.5, 0.6) is 0 Å². The van der Waals surface area contributed by atoms with Crippen LogP contribution < -0.4 is 11.1 Å². The van der Waals surface area contributed by atoms with Crippen LogP contribution >= 0.6 is 23.4 Å². The van der Waals surface area contributed by atoms with Crippen molar-refractivity contribution in [1.82, 2.24) is 0 Å². The number of benzene rings is 1. The van der Waals surface area contributed by atoms with Crippen molar-refractivity contribution in [1.29, 1.82) is 0 Å². The maximum Gasteiger partial charge on any atom is 0.234 e. The smallest absolute Gasteiger partial charge is 0.234 e. The quantitative estimate of drug-likeness (QED) is 0.783. The summed E-state index contributed by atoms with van der Waals surface area (Å²) in [4.78, 5) is 11.2. The number of nitrogens with one attached hydrogen (secondary N) is 1. The first-order valence-electron chi connectivity index (χ1n) is 3.97. The van der Waals surface area contributed by atoms with E-state index in [4.69, 9.17) is 17.3 Å². The molecule has 3 N–H and O–H groups in total. The minimum atomic E-state index is -0.0787. The molecule has 0 aliphatic carbocycles. The average molecular weight is 231 g/mol. The number of carbonyl (C=O) groups excluding carboxylic acids is 1. The Bertz CT molecular complexity index is 344. The number of nitrogen functional groups attached to an aromatic ring is 1. The maximum atomic E-state index is 11.2. The molecule has 0 bridgehead atoms. The topological polar surface area (TPSA) is 55.1 Å². The van der Waals surface area contributed by atoms with E-state index in [1.807, 2.05) is 6.26 Å². The number of hydrogen-bond acceptors (Lipinski definition) is 3. The highest BCUT2D eigenvalue weighted by atomic mass is 35.5. The van der Waals surface area contributed by atoms with Gasteiger partial charge in [-0.05, 0) is 24.5 Å². The van der Waals surface area contributed by atoms with E-state index in [9.17, 15) is 4.79 Å². The number of halogens is 1. The van der Waals surface area contributed by atoms with Gasteiger partial charge in [0.1, 0.15) is 0 Å². The highest BCUT2D eigenvalue weighted by Gasteiger charge is 2.04. The first-order chi connectivity index (χ1) is 6.63. The second kappa shape index (κ2) is 5.12. The lowest BCUT2D eigenvalue weighted by Gasteiger charge is -2.06. The monoisotopic (exact) mass is 230 g/mol. The van der Waals surface area contributed by atoms with Gasteiger partial charge in [-0.25, -0.2) is 0 Å². The summed E-state index contributed by atoms with van der Waals surface area (Å²) in [6, 6.07) is 4.98. The molecule has 1 amide bonds. The summed E-state index contributed by atoms with van der Waals surface area (Å²) in [7, 11) is 0. The summed E-state index contributed by atoms with van der Waals surface area (Å²) < 4.78 is 0. The van der Waals surface area contributed by atoms with E-state index in [0.29, 0.717) is 22.2 Å². The molecule has 0 aliphatic heterocycles. The second-order valence-corrected chi connectivity index (χ2v) is 3.99. The van der Waals surface area contributed by atoms with Crippen molar-refractivity contribution >= 4 is 40.6 Å². The highest BCUT2D eigenvalue weighted by molar-refractivity contribution is 7.99. The number of carbonyl (C=O) groups is 1. The molecule has 1 aromatic carbocycles. The first kappa shape index (κ1) is 11.2. The lowest BCUT2D eigenvalue weighted by Crippen LogP contribution is -2.14. The molecule has 1 aromatic rings. The molecule has 0 aromatic heterocycles. The van der Waals surface area contributed by atoms with Gasteiger partial charge in [0.2, 0.25) is 5.91 Å². The molecule has 0 fully saturated rings. The van der Waals surface area contributed by atoms with E-state index in [2.05, 4.69) is 5.32 Å². The summed E-state index contributed by atoms with van der Waals surface area (Å²) in [5.74, 6) is 0.329. The molecule has 1 rings (SSSR count).